The molecular formula is C35H72O5. The van der Waals surface area contributed by atoms with Crippen molar-refractivity contribution in [3.8, 4) is 0 Å². The van der Waals surface area contributed by atoms with Crippen molar-refractivity contribution in [3.63, 3.8) is 0 Å². The van der Waals surface area contributed by atoms with Gasteiger partial charge in [0.05, 0.1) is 0 Å². The number of aliphatic hydroxyl groups is 3. The molecule has 0 aliphatic rings. The summed E-state index contributed by atoms with van der Waals surface area (Å²) in [6.07, 6.45) is 34.0. The van der Waals surface area contributed by atoms with E-state index in [2.05, 4.69) is 13.8 Å². The van der Waals surface area contributed by atoms with Crippen LogP contribution in [0.1, 0.15) is 187 Å². The van der Waals surface area contributed by atoms with Gasteiger partial charge in [-0.2, -0.15) is 0 Å². The Labute approximate surface area is 249 Å². The van der Waals surface area contributed by atoms with Crippen LogP contribution in [-0.2, 0) is 4.79 Å². The summed E-state index contributed by atoms with van der Waals surface area (Å²) in [7, 11) is 0. The molecule has 0 heterocycles. The molecule has 0 aromatic rings. The minimum atomic E-state index is -0.601. The van der Waals surface area contributed by atoms with Crippen LogP contribution in [0.15, 0.2) is 0 Å². The summed E-state index contributed by atoms with van der Waals surface area (Å²) >= 11 is 0. The fourth-order valence-corrected chi connectivity index (χ4v) is 5.41. The summed E-state index contributed by atoms with van der Waals surface area (Å²) < 4.78 is 0. The summed E-state index contributed by atoms with van der Waals surface area (Å²) in [5.41, 5.74) is 0. The highest BCUT2D eigenvalue weighted by atomic mass is 16.4. The second-order valence-corrected chi connectivity index (χ2v) is 12.2. The van der Waals surface area contributed by atoms with E-state index in [4.69, 9.17) is 15.3 Å². The monoisotopic (exact) mass is 573 g/mol. The van der Waals surface area contributed by atoms with Crippen LogP contribution >= 0.6 is 0 Å². The Balaban J connectivity index is 0. The summed E-state index contributed by atoms with van der Waals surface area (Å²) in [4.78, 5) is 11.2. The maximum Gasteiger partial charge on any atom is 0.303 e. The van der Waals surface area contributed by atoms with E-state index >= 15 is 0 Å². The first-order valence-corrected chi connectivity index (χ1v) is 17.6. The van der Waals surface area contributed by atoms with Crippen molar-refractivity contribution in [3.05, 3.63) is 0 Å². The Bertz CT molecular complexity index is 467. The van der Waals surface area contributed by atoms with Gasteiger partial charge in [-0.3, -0.25) is 4.79 Å². The van der Waals surface area contributed by atoms with Gasteiger partial charge in [0.1, 0.15) is 0 Å². The molecule has 0 rings (SSSR count). The van der Waals surface area contributed by atoms with Crippen molar-refractivity contribution in [2.45, 2.75) is 187 Å². The zero-order valence-electron chi connectivity index (χ0n) is 27.1. The van der Waals surface area contributed by atoms with E-state index in [1.807, 2.05) is 0 Å². The molecular weight excluding hydrogens is 500 g/mol. The smallest absolute Gasteiger partial charge is 0.303 e. The number of aliphatic hydroxyl groups excluding tert-OH is 3. The van der Waals surface area contributed by atoms with Crippen LogP contribution in [0.25, 0.3) is 0 Å². The molecule has 0 radical (unpaired) electrons. The molecule has 5 nitrogen and oxygen atoms in total. The lowest BCUT2D eigenvalue weighted by Crippen LogP contribution is -2.11. The van der Waals surface area contributed by atoms with Crippen LogP contribution in [-0.4, -0.2) is 46.2 Å². The number of unbranched alkanes of at least 4 members (excludes halogenated alkanes) is 20. The van der Waals surface area contributed by atoms with E-state index in [1.165, 1.54) is 141 Å². The molecule has 0 saturated heterocycles. The van der Waals surface area contributed by atoms with Gasteiger partial charge in [0, 0.05) is 32.2 Å². The standard InChI is InChI=1S/C29H58O2.C6H14O3/c1-3-5-7-9-11-13-15-16-18-20-22-24-26-28(27-29(30)31)25-23-21-19-17-14-12-10-8-6-4-2;7-3-1-2-6(4-8)5-9/h28H,3-27H2,1-2H3,(H,30,31);6-9H,1-5H2. The summed E-state index contributed by atoms with van der Waals surface area (Å²) in [6.45, 7) is 4.71. The average molecular weight is 573 g/mol. The molecule has 0 amide bonds. The molecule has 1 unspecified atom stereocenters. The Morgan fingerprint density at radius 1 is 0.450 bits per heavy atom. The second-order valence-electron chi connectivity index (χ2n) is 12.2. The zero-order valence-corrected chi connectivity index (χ0v) is 27.1. The number of rotatable bonds is 31. The molecule has 0 aromatic heterocycles. The highest BCUT2D eigenvalue weighted by molar-refractivity contribution is 5.66. The van der Waals surface area contributed by atoms with Crippen LogP contribution in [0.5, 0.6) is 0 Å². The normalized spacial score (nSPS) is 11.9. The van der Waals surface area contributed by atoms with Gasteiger partial charge in [-0.25, -0.2) is 0 Å². The molecule has 0 saturated carbocycles. The molecule has 0 fully saturated rings. The van der Waals surface area contributed by atoms with E-state index in [9.17, 15) is 9.90 Å². The molecule has 4 N–H and O–H groups in total. The third kappa shape index (κ3) is 35.4. The fraction of sp³-hybridized carbons (Fsp3) is 0.971. The lowest BCUT2D eigenvalue weighted by molar-refractivity contribution is -0.138. The molecule has 0 spiro atoms. The van der Waals surface area contributed by atoms with E-state index in [0.717, 1.165) is 12.8 Å². The van der Waals surface area contributed by atoms with E-state index < -0.39 is 5.97 Å². The van der Waals surface area contributed by atoms with Gasteiger partial charge in [0.15, 0.2) is 0 Å². The number of carbonyl (C=O) groups is 1. The second kappa shape index (κ2) is 36.4. The molecule has 0 aliphatic carbocycles. The van der Waals surface area contributed by atoms with Gasteiger partial charge in [-0.15, -0.1) is 0 Å². The quantitative estimate of drug-likeness (QED) is 0.0620. The summed E-state index contributed by atoms with van der Waals surface area (Å²) in [5.74, 6) is -0.233. The van der Waals surface area contributed by atoms with Gasteiger partial charge in [0.2, 0.25) is 0 Å². The molecule has 0 aliphatic heterocycles. The predicted molar refractivity (Wildman–Crippen MR) is 172 cm³/mol. The van der Waals surface area contributed by atoms with Crippen molar-refractivity contribution in [1.29, 1.82) is 0 Å². The molecule has 40 heavy (non-hydrogen) atoms. The van der Waals surface area contributed by atoms with E-state index in [0.29, 0.717) is 25.2 Å². The van der Waals surface area contributed by atoms with Gasteiger partial charge < -0.3 is 20.4 Å². The average Bonchev–Trinajstić information content (AvgIpc) is 2.95. The number of aliphatic carboxylic acids is 1. The number of carboxylic acids is 1. The van der Waals surface area contributed by atoms with Crippen molar-refractivity contribution in [2.24, 2.45) is 11.8 Å². The van der Waals surface area contributed by atoms with Crippen molar-refractivity contribution < 1.29 is 25.2 Å². The van der Waals surface area contributed by atoms with Crippen LogP contribution in [0.4, 0.5) is 0 Å². The Morgan fingerprint density at radius 2 is 0.750 bits per heavy atom. The summed E-state index contributed by atoms with van der Waals surface area (Å²) in [6, 6.07) is 0. The first-order valence-electron chi connectivity index (χ1n) is 17.6. The third-order valence-corrected chi connectivity index (χ3v) is 8.18. The molecule has 1 atom stereocenters. The number of hydrogen-bond donors (Lipinski definition) is 4. The largest absolute Gasteiger partial charge is 0.481 e. The molecule has 242 valence electrons. The maximum atomic E-state index is 11.2. The first kappa shape index (κ1) is 41.5. The topological polar surface area (TPSA) is 98.0 Å². The maximum absolute atomic E-state index is 11.2. The Morgan fingerprint density at radius 3 is 1.02 bits per heavy atom. The highest BCUT2D eigenvalue weighted by Crippen LogP contribution is 2.22. The van der Waals surface area contributed by atoms with Crippen LogP contribution in [0.2, 0.25) is 0 Å². The van der Waals surface area contributed by atoms with Gasteiger partial charge in [0.25, 0.3) is 0 Å². The zero-order chi connectivity index (χ0) is 29.9. The number of carboxylic acid groups (broad SMARTS) is 1. The molecule has 0 bridgehead atoms. The number of hydrogen-bond acceptors (Lipinski definition) is 4. The fourth-order valence-electron chi connectivity index (χ4n) is 5.41. The van der Waals surface area contributed by atoms with Gasteiger partial charge in [-0.1, -0.05) is 155 Å². The van der Waals surface area contributed by atoms with Crippen molar-refractivity contribution >= 4 is 5.97 Å². The SMILES string of the molecule is CCCCCCCCCCCCCCC(CCCCCCCCCCCC)CC(=O)O.OCCCC(CO)CO. The van der Waals surface area contributed by atoms with E-state index in [-0.39, 0.29) is 25.7 Å². The van der Waals surface area contributed by atoms with Gasteiger partial charge >= 0.3 is 5.97 Å². The third-order valence-electron chi connectivity index (χ3n) is 8.18. The van der Waals surface area contributed by atoms with Gasteiger partial charge in [-0.05, 0) is 31.6 Å². The van der Waals surface area contributed by atoms with Crippen LogP contribution in [0, 0.1) is 11.8 Å². The predicted octanol–water partition coefficient (Wildman–Crippen LogP) is 9.84. The minimum absolute atomic E-state index is 0.0104. The molecule has 5 heteroatoms. The van der Waals surface area contributed by atoms with Crippen LogP contribution < -0.4 is 0 Å². The first-order chi connectivity index (χ1) is 19.5. The lowest BCUT2D eigenvalue weighted by Gasteiger charge is -2.14. The molecule has 0 aromatic carbocycles. The highest BCUT2D eigenvalue weighted by Gasteiger charge is 2.12. The Hall–Kier alpha value is -0.650. The Kier molecular flexibility index (Phi) is 37.7. The van der Waals surface area contributed by atoms with Crippen molar-refractivity contribution in [1.82, 2.24) is 0 Å². The van der Waals surface area contributed by atoms with Crippen molar-refractivity contribution in [2.75, 3.05) is 19.8 Å². The van der Waals surface area contributed by atoms with E-state index in [1.54, 1.807) is 0 Å². The summed E-state index contributed by atoms with van der Waals surface area (Å²) in [5, 5.41) is 34.6. The minimum Gasteiger partial charge on any atom is -0.481 e. The van der Waals surface area contributed by atoms with Crippen LogP contribution in [0.3, 0.4) is 0 Å². The lowest BCUT2D eigenvalue weighted by atomic mass is 9.91.